The Hall–Kier alpha value is -1.44. The van der Waals surface area contributed by atoms with Gasteiger partial charge in [-0.05, 0) is 38.0 Å². The maximum absolute atomic E-state index is 11.6. The highest BCUT2D eigenvalue weighted by atomic mass is 16.7. The molecule has 2 rings (SSSR count). The molecule has 7 nitrogen and oxygen atoms in total. The van der Waals surface area contributed by atoms with Crippen molar-refractivity contribution in [3.05, 3.63) is 12.2 Å². The van der Waals surface area contributed by atoms with Crippen LogP contribution in [-0.2, 0) is 28.5 Å². The fourth-order valence-electron chi connectivity index (χ4n) is 5.01. The fraction of sp³-hybridized carbons (Fsp3) is 0.840. The molecule has 4 atom stereocenters. The van der Waals surface area contributed by atoms with Crippen LogP contribution in [0.5, 0.6) is 0 Å². The van der Waals surface area contributed by atoms with Gasteiger partial charge < -0.3 is 24.1 Å². The van der Waals surface area contributed by atoms with Crippen molar-refractivity contribution in [3.63, 3.8) is 0 Å². The summed E-state index contributed by atoms with van der Waals surface area (Å²) < 4.78 is 22.3. The molecule has 2 aliphatic rings. The number of ether oxygens (including phenoxy) is 4. The largest absolute Gasteiger partial charge is 0.469 e. The molecule has 1 N–H and O–H groups in total. The molecule has 1 saturated carbocycles. The lowest BCUT2D eigenvalue weighted by Crippen LogP contribution is -2.33. The number of carbonyl (C=O) groups is 2. The predicted octanol–water partition coefficient (Wildman–Crippen LogP) is 4.31. The van der Waals surface area contributed by atoms with Gasteiger partial charge in [0.05, 0.1) is 26.4 Å². The predicted molar refractivity (Wildman–Crippen MR) is 121 cm³/mol. The van der Waals surface area contributed by atoms with Crippen molar-refractivity contribution in [2.75, 3.05) is 20.3 Å². The third-order valence-corrected chi connectivity index (χ3v) is 6.70. The van der Waals surface area contributed by atoms with Crippen LogP contribution >= 0.6 is 0 Å². The normalized spacial score (nSPS) is 27.1. The molecule has 184 valence electrons. The molecule has 1 heterocycles. The topological polar surface area (TPSA) is 91.3 Å². The van der Waals surface area contributed by atoms with Crippen LogP contribution in [0.1, 0.15) is 84.5 Å². The van der Waals surface area contributed by atoms with E-state index in [0.29, 0.717) is 26.1 Å². The van der Waals surface area contributed by atoms with Gasteiger partial charge in [-0.25, -0.2) is 0 Å². The van der Waals surface area contributed by atoms with Gasteiger partial charge in [0.15, 0.2) is 5.79 Å². The van der Waals surface area contributed by atoms with Gasteiger partial charge in [-0.3, -0.25) is 9.59 Å². The lowest BCUT2D eigenvalue weighted by molar-refractivity contribution is -0.172. The van der Waals surface area contributed by atoms with Crippen LogP contribution in [0, 0.1) is 11.8 Å². The highest BCUT2D eigenvalue weighted by Gasteiger charge is 2.45. The zero-order valence-corrected chi connectivity index (χ0v) is 20.1. The molecule has 1 aliphatic heterocycles. The summed E-state index contributed by atoms with van der Waals surface area (Å²) in [5.74, 6) is -0.970. The number of hydrogen-bond acceptors (Lipinski definition) is 7. The Morgan fingerprint density at radius 3 is 2.50 bits per heavy atom. The van der Waals surface area contributed by atoms with E-state index in [1.54, 1.807) is 0 Å². The van der Waals surface area contributed by atoms with Gasteiger partial charge in [0.25, 0.3) is 0 Å². The molecule has 0 spiro atoms. The van der Waals surface area contributed by atoms with Gasteiger partial charge in [0.2, 0.25) is 0 Å². The summed E-state index contributed by atoms with van der Waals surface area (Å²) in [4.78, 5) is 22.9. The summed E-state index contributed by atoms with van der Waals surface area (Å²) in [6, 6.07) is 0. The molecule has 0 aromatic rings. The van der Waals surface area contributed by atoms with Crippen molar-refractivity contribution in [2.24, 2.45) is 11.8 Å². The van der Waals surface area contributed by atoms with Crippen LogP contribution < -0.4 is 0 Å². The van der Waals surface area contributed by atoms with E-state index in [1.165, 1.54) is 14.0 Å². The van der Waals surface area contributed by atoms with E-state index in [9.17, 15) is 14.7 Å². The van der Waals surface area contributed by atoms with Gasteiger partial charge in [-0.15, -0.1) is 0 Å². The van der Waals surface area contributed by atoms with E-state index in [2.05, 4.69) is 23.8 Å². The number of aliphatic hydroxyl groups excluding tert-OH is 1. The quantitative estimate of drug-likeness (QED) is 0.238. The molecular formula is C25H42O7. The van der Waals surface area contributed by atoms with Gasteiger partial charge >= 0.3 is 11.9 Å². The molecule has 2 fully saturated rings. The number of esters is 2. The third-order valence-electron chi connectivity index (χ3n) is 6.70. The highest BCUT2D eigenvalue weighted by molar-refractivity contribution is 5.69. The van der Waals surface area contributed by atoms with Gasteiger partial charge in [0, 0.05) is 38.5 Å². The molecule has 1 saturated heterocycles. The SMILES string of the molecule is CCCCCC1(CC[C@H]2C(O)C[C@H](OC(C)=O)[C@@H]2C/C=C\CCCC(=O)OC)OCCO1. The summed E-state index contributed by atoms with van der Waals surface area (Å²) in [5.41, 5.74) is 0. The summed E-state index contributed by atoms with van der Waals surface area (Å²) in [6.45, 7) is 4.84. The van der Waals surface area contributed by atoms with Crippen molar-refractivity contribution < 1.29 is 33.6 Å². The molecule has 1 unspecified atom stereocenters. The second-order valence-corrected chi connectivity index (χ2v) is 9.06. The number of rotatable bonds is 14. The lowest BCUT2D eigenvalue weighted by Gasteiger charge is -2.31. The van der Waals surface area contributed by atoms with Gasteiger partial charge in [-0.2, -0.15) is 0 Å². The van der Waals surface area contributed by atoms with Gasteiger partial charge in [-0.1, -0.05) is 31.9 Å². The third kappa shape index (κ3) is 8.49. The summed E-state index contributed by atoms with van der Waals surface area (Å²) in [6.07, 6.45) is 12.2. The van der Waals surface area contributed by atoms with E-state index in [4.69, 9.17) is 14.2 Å². The molecule has 0 bridgehead atoms. The van der Waals surface area contributed by atoms with E-state index >= 15 is 0 Å². The maximum Gasteiger partial charge on any atom is 0.305 e. The Balaban J connectivity index is 1.95. The van der Waals surface area contributed by atoms with Crippen LogP contribution in [0.2, 0.25) is 0 Å². The number of unbranched alkanes of at least 4 members (excludes halogenated alkanes) is 3. The maximum atomic E-state index is 11.6. The standard InChI is InChI=1S/C25H42O7/c1-4-5-10-14-25(30-16-17-31-25)15-13-20-21(23(18-22(20)27)32-19(2)26)11-8-6-7-9-12-24(28)29-3/h6,8,20-23,27H,4-5,7,9-18H2,1-3H3/b8-6-/t20-,21-,22?,23+/m1/s1. The van der Waals surface area contributed by atoms with Crippen molar-refractivity contribution in [3.8, 4) is 0 Å². The average Bonchev–Trinajstić information content (AvgIpc) is 3.33. The van der Waals surface area contributed by atoms with Crippen LogP contribution in [0.3, 0.4) is 0 Å². The monoisotopic (exact) mass is 454 g/mol. The molecule has 0 amide bonds. The number of carbonyl (C=O) groups excluding carboxylic acids is 2. The van der Waals surface area contributed by atoms with Crippen LogP contribution in [0.4, 0.5) is 0 Å². The van der Waals surface area contributed by atoms with E-state index in [0.717, 1.165) is 57.8 Å². The number of methoxy groups -OCH3 is 1. The fourth-order valence-corrected chi connectivity index (χ4v) is 5.01. The number of allylic oxidation sites excluding steroid dienone is 2. The molecule has 32 heavy (non-hydrogen) atoms. The molecule has 0 radical (unpaired) electrons. The van der Waals surface area contributed by atoms with Gasteiger partial charge in [0.1, 0.15) is 6.10 Å². The van der Waals surface area contributed by atoms with Crippen molar-refractivity contribution in [1.82, 2.24) is 0 Å². The molecule has 0 aromatic heterocycles. The molecular weight excluding hydrogens is 412 g/mol. The Morgan fingerprint density at radius 2 is 1.84 bits per heavy atom. The first-order chi connectivity index (χ1) is 15.4. The first-order valence-electron chi connectivity index (χ1n) is 12.3. The van der Waals surface area contributed by atoms with Crippen molar-refractivity contribution in [1.29, 1.82) is 0 Å². The minimum Gasteiger partial charge on any atom is -0.469 e. The Labute approximate surface area is 192 Å². The number of hydrogen-bond donors (Lipinski definition) is 1. The second kappa shape index (κ2) is 14.0. The highest BCUT2D eigenvalue weighted by Crippen LogP contribution is 2.42. The Morgan fingerprint density at radius 1 is 1.09 bits per heavy atom. The van der Waals surface area contributed by atoms with E-state index in [1.807, 2.05) is 0 Å². The van der Waals surface area contributed by atoms with Crippen molar-refractivity contribution >= 4 is 11.9 Å². The molecule has 1 aliphatic carbocycles. The number of aliphatic hydroxyl groups is 1. The van der Waals surface area contributed by atoms with Crippen LogP contribution in [0.25, 0.3) is 0 Å². The lowest BCUT2D eigenvalue weighted by atomic mass is 9.85. The average molecular weight is 455 g/mol. The summed E-state index contributed by atoms with van der Waals surface area (Å²) >= 11 is 0. The minimum atomic E-state index is -0.539. The molecule has 7 heteroatoms. The first-order valence-corrected chi connectivity index (χ1v) is 12.3. The minimum absolute atomic E-state index is 0.0231. The van der Waals surface area contributed by atoms with E-state index < -0.39 is 11.9 Å². The van der Waals surface area contributed by atoms with E-state index in [-0.39, 0.29) is 29.9 Å². The van der Waals surface area contributed by atoms with Crippen LogP contribution in [0.15, 0.2) is 12.2 Å². The zero-order chi connectivity index (χ0) is 23.4. The molecule has 0 aromatic carbocycles. The smallest absolute Gasteiger partial charge is 0.305 e. The summed E-state index contributed by atoms with van der Waals surface area (Å²) in [5, 5.41) is 10.8. The van der Waals surface area contributed by atoms with Crippen molar-refractivity contribution in [2.45, 2.75) is 102 Å². The second-order valence-electron chi connectivity index (χ2n) is 9.06. The zero-order valence-electron chi connectivity index (χ0n) is 20.1. The Bertz CT molecular complexity index is 597. The first kappa shape index (κ1) is 26.8. The Kier molecular flexibility index (Phi) is 11.7. The summed E-state index contributed by atoms with van der Waals surface area (Å²) in [7, 11) is 1.40. The van der Waals surface area contributed by atoms with Crippen LogP contribution in [-0.4, -0.2) is 55.4 Å².